The standard InChI is InChI=1S/C27H52N4O2/c1-8-20-23(29)26(18-32-20)9-13-31(14-10-26)25(6,7)17-21-27(22(28)19(2)33-21)11-15-30(16-12-27)24(3,4)5/h19-23H,8-18,28-29H2,1-7H3/t19-,20-,21?,22+,23+/m0/s1. The first-order valence-electron chi connectivity index (χ1n) is 13.6. The summed E-state index contributed by atoms with van der Waals surface area (Å²) in [5, 5.41) is 0. The van der Waals surface area contributed by atoms with Crippen LogP contribution in [0, 0.1) is 10.8 Å². The predicted octanol–water partition coefficient (Wildman–Crippen LogP) is 3.37. The maximum absolute atomic E-state index is 6.87. The van der Waals surface area contributed by atoms with Crippen LogP contribution >= 0.6 is 0 Å². The lowest BCUT2D eigenvalue weighted by Gasteiger charge is -2.51. The highest BCUT2D eigenvalue weighted by Crippen LogP contribution is 2.50. The first-order valence-corrected chi connectivity index (χ1v) is 13.6. The van der Waals surface area contributed by atoms with E-state index in [1.165, 1.54) is 0 Å². The molecule has 0 saturated carbocycles. The Morgan fingerprint density at radius 1 is 0.879 bits per heavy atom. The summed E-state index contributed by atoms with van der Waals surface area (Å²) in [6.07, 6.45) is 7.24. The van der Waals surface area contributed by atoms with Crippen LogP contribution in [0.4, 0.5) is 0 Å². The van der Waals surface area contributed by atoms with Crippen LogP contribution in [-0.4, -0.2) is 84.1 Å². The van der Waals surface area contributed by atoms with Crippen LogP contribution in [0.25, 0.3) is 0 Å². The molecule has 4 aliphatic rings. The van der Waals surface area contributed by atoms with Crippen molar-refractivity contribution in [3.05, 3.63) is 0 Å². The van der Waals surface area contributed by atoms with Crippen molar-refractivity contribution in [1.29, 1.82) is 0 Å². The van der Waals surface area contributed by atoms with Crippen LogP contribution in [-0.2, 0) is 9.47 Å². The molecule has 4 saturated heterocycles. The Hall–Kier alpha value is -0.240. The number of ether oxygens (including phenoxy) is 2. The van der Waals surface area contributed by atoms with Crippen molar-refractivity contribution in [1.82, 2.24) is 9.80 Å². The van der Waals surface area contributed by atoms with Gasteiger partial charge in [0.2, 0.25) is 0 Å². The van der Waals surface area contributed by atoms with Crippen molar-refractivity contribution in [2.24, 2.45) is 22.3 Å². The van der Waals surface area contributed by atoms with Gasteiger partial charge in [-0.1, -0.05) is 6.92 Å². The van der Waals surface area contributed by atoms with Crippen LogP contribution in [0.5, 0.6) is 0 Å². The third-order valence-corrected chi connectivity index (χ3v) is 10.2. The zero-order valence-electron chi connectivity index (χ0n) is 22.5. The minimum Gasteiger partial charge on any atom is -0.376 e. The van der Waals surface area contributed by atoms with Crippen LogP contribution in [0.3, 0.4) is 0 Å². The number of hydrogen-bond acceptors (Lipinski definition) is 6. The van der Waals surface area contributed by atoms with E-state index in [9.17, 15) is 0 Å². The molecule has 0 aromatic heterocycles. The monoisotopic (exact) mass is 464 g/mol. The Bertz CT molecular complexity index is 674. The highest BCUT2D eigenvalue weighted by molar-refractivity contribution is 5.09. The molecule has 4 rings (SSSR count). The van der Waals surface area contributed by atoms with Crippen molar-refractivity contribution >= 4 is 0 Å². The highest BCUT2D eigenvalue weighted by atomic mass is 16.5. The molecule has 5 atom stereocenters. The van der Waals surface area contributed by atoms with Crippen molar-refractivity contribution < 1.29 is 9.47 Å². The molecule has 192 valence electrons. The lowest BCUT2D eigenvalue weighted by molar-refractivity contribution is -0.0620. The summed E-state index contributed by atoms with van der Waals surface area (Å²) in [5.74, 6) is 0. The molecule has 0 aromatic carbocycles. The second-order valence-electron chi connectivity index (χ2n) is 13.4. The van der Waals surface area contributed by atoms with E-state index in [0.717, 1.165) is 71.3 Å². The SMILES string of the molecule is CC[C@@H]1OCC2(CCN(C(C)(C)CC3O[C@@H](C)[C@@H](N)C34CCN(C(C)(C)C)CC4)CC2)[C@@H]1N. The first kappa shape index (κ1) is 25.8. The van der Waals surface area contributed by atoms with Gasteiger partial charge in [0, 0.05) is 34.0 Å². The topological polar surface area (TPSA) is 77.0 Å². The third kappa shape index (κ3) is 4.53. The van der Waals surface area contributed by atoms with Gasteiger partial charge < -0.3 is 20.9 Å². The van der Waals surface area contributed by atoms with Crippen molar-refractivity contribution in [2.75, 3.05) is 32.8 Å². The predicted molar refractivity (Wildman–Crippen MR) is 135 cm³/mol. The van der Waals surface area contributed by atoms with E-state index >= 15 is 0 Å². The molecule has 4 fully saturated rings. The molecular weight excluding hydrogens is 412 g/mol. The molecule has 2 spiro atoms. The zero-order valence-corrected chi connectivity index (χ0v) is 22.5. The number of likely N-dealkylation sites (tertiary alicyclic amines) is 2. The minimum absolute atomic E-state index is 0.0813. The number of rotatable bonds is 4. The highest BCUT2D eigenvalue weighted by Gasteiger charge is 2.56. The van der Waals surface area contributed by atoms with Crippen molar-refractivity contribution in [3.63, 3.8) is 0 Å². The van der Waals surface area contributed by atoms with E-state index < -0.39 is 0 Å². The minimum atomic E-state index is 0.0813. The van der Waals surface area contributed by atoms with Gasteiger partial charge in [-0.3, -0.25) is 9.80 Å². The van der Waals surface area contributed by atoms with Gasteiger partial charge in [0.1, 0.15) is 0 Å². The van der Waals surface area contributed by atoms with Gasteiger partial charge in [-0.2, -0.15) is 0 Å². The van der Waals surface area contributed by atoms with Crippen LogP contribution in [0.2, 0.25) is 0 Å². The normalized spacial score (nSPS) is 37.9. The van der Waals surface area contributed by atoms with E-state index in [1.807, 2.05) is 0 Å². The molecule has 33 heavy (non-hydrogen) atoms. The second kappa shape index (κ2) is 9.01. The Kier molecular flexibility index (Phi) is 7.05. The van der Waals surface area contributed by atoms with Crippen LogP contribution in [0.1, 0.15) is 87.0 Å². The van der Waals surface area contributed by atoms with Crippen molar-refractivity contribution in [3.8, 4) is 0 Å². The van der Waals surface area contributed by atoms with Crippen LogP contribution < -0.4 is 11.5 Å². The molecule has 4 aliphatic heterocycles. The van der Waals surface area contributed by atoms with Gasteiger partial charge in [0.05, 0.1) is 24.9 Å². The fourth-order valence-corrected chi connectivity index (χ4v) is 7.52. The van der Waals surface area contributed by atoms with E-state index in [0.29, 0.717) is 0 Å². The van der Waals surface area contributed by atoms with Gasteiger partial charge in [-0.25, -0.2) is 0 Å². The summed E-state index contributed by atoms with van der Waals surface area (Å²) >= 11 is 0. The van der Waals surface area contributed by atoms with Gasteiger partial charge in [0.15, 0.2) is 0 Å². The number of nitrogens with zero attached hydrogens (tertiary/aromatic N) is 2. The molecule has 1 unspecified atom stereocenters. The quantitative estimate of drug-likeness (QED) is 0.664. The smallest absolute Gasteiger partial charge is 0.0729 e. The Morgan fingerprint density at radius 3 is 1.97 bits per heavy atom. The molecule has 6 heteroatoms. The number of hydrogen-bond donors (Lipinski definition) is 2. The molecule has 6 nitrogen and oxygen atoms in total. The molecule has 0 aliphatic carbocycles. The molecule has 0 bridgehead atoms. The summed E-state index contributed by atoms with van der Waals surface area (Å²) in [7, 11) is 0. The Morgan fingerprint density at radius 2 is 1.45 bits per heavy atom. The zero-order chi connectivity index (χ0) is 24.2. The summed E-state index contributed by atoms with van der Waals surface area (Å²) in [6, 6.07) is 0.311. The van der Waals surface area contributed by atoms with Crippen molar-refractivity contribution in [2.45, 2.75) is 128 Å². The van der Waals surface area contributed by atoms with Gasteiger partial charge in [0.25, 0.3) is 0 Å². The number of nitrogens with two attached hydrogens (primary N) is 2. The molecule has 0 radical (unpaired) electrons. The average Bonchev–Trinajstić information content (AvgIpc) is 3.17. The van der Waals surface area contributed by atoms with E-state index in [-0.39, 0.29) is 52.3 Å². The second-order valence-corrected chi connectivity index (χ2v) is 13.4. The lowest BCUT2D eigenvalue weighted by Crippen LogP contribution is -2.59. The summed E-state index contributed by atoms with van der Waals surface area (Å²) in [4.78, 5) is 5.32. The molecule has 0 amide bonds. The maximum atomic E-state index is 6.87. The summed E-state index contributed by atoms with van der Waals surface area (Å²) < 4.78 is 12.7. The average molecular weight is 465 g/mol. The van der Waals surface area contributed by atoms with E-state index in [1.54, 1.807) is 0 Å². The van der Waals surface area contributed by atoms with E-state index in [2.05, 4.69) is 58.3 Å². The third-order valence-electron chi connectivity index (χ3n) is 10.2. The Labute approximate surface area is 203 Å². The fourth-order valence-electron chi connectivity index (χ4n) is 7.52. The van der Waals surface area contributed by atoms with Gasteiger partial charge >= 0.3 is 0 Å². The fraction of sp³-hybridized carbons (Fsp3) is 1.00. The maximum Gasteiger partial charge on any atom is 0.0729 e. The first-order chi connectivity index (χ1) is 15.3. The van der Waals surface area contributed by atoms with Gasteiger partial charge in [-0.15, -0.1) is 0 Å². The van der Waals surface area contributed by atoms with Crippen LogP contribution in [0.15, 0.2) is 0 Å². The molecular formula is C27H52N4O2. The number of piperidine rings is 2. The molecule has 4 N–H and O–H groups in total. The molecule has 4 heterocycles. The summed E-state index contributed by atoms with van der Waals surface area (Å²) in [5.41, 5.74) is 14.1. The van der Waals surface area contributed by atoms with E-state index in [4.69, 9.17) is 20.9 Å². The molecule has 0 aromatic rings. The van der Waals surface area contributed by atoms with Gasteiger partial charge in [-0.05, 0) is 106 Å². The Balaban J connectivity index is 1.42. The largest absolute Gasteiger partial charge is 0.376 e. The lowest BCUT2D eigenvalue weighted by atomic mass is 9.66. The summed E-state index contributed by atoms with van der Waals surface area (Å²) in [6.45, 7) is 21.5.